The van der Waals surface area contributed by atoms with Crippen molar-refractivity contribution in [3.8, 4) is 0 Å². The first-order chi connectivity index (χ1) is 12.1. The number of likely N-dealkylation sites (tertiary alicyclic amines) is 1. The van der Waals surface area contributed by atoms with Crippen molar-refractivity contribution in [3.05, 3.63) is 16.1 Å². The lowest BCUT2D eigenvalue weighted by Crippen LogP contribution is -2.42. The van der Waals surface area contributed by atoms with Gasteiger partial charge in [-0.05, 0) is 18.8 Å². The van der Waals surface area contributed by atoms with E-state index in [0.717, 1.165) is 10.6 Å². The lowest BCUT2D eigenvalue weighted by Gasteiger charge is -2.28. The zero-order chi connectivity index (χ0) is 19.2. The van der Waals surface area contributed by atoms with Crippen LogP contribution < -0.4 is 0 Å². The van der Waals surface area contributed by atoms with Gasteiger partial charge in [0, 0.05) is 37.6 Å². The number of hydrogen-bond acceptors (Lipinski definition) is 5. The summed E-state index contributed by atoms with van der Waals surface area (Å²) < 4.78 is 14.0. The van der Waals surface area contributed by atoms with Crippen LogP contribution in [-0.4, -0.2) is 64.1 Å². The Balaban J connectivity index is 1.64. The minimum Gasteiger partial charge on any atom is -0.481 e. The molecule has 0 spiro atoms. The average molecular weight is 383 g/mol. The summed E-state index contributed by atoms with van der Waals surface area (Å²) in [5.41, 5.74) is 2.23. The minimum atomic E-state index is -0.922. The molecule has 1 saturated carbocycles. The first-order valence-electron chi connectivity index (χ1n) is 8.87. The molecule has 2 aliphatic rings. The molecular formula is C18H26FN3O3S. The third-order valence-corrected chi connectivity index (χ3v) is 6.81. The molecule has 144 valence electrons. The summed E-state index contributed by atoms with van der Waals surface area (Å²) in [5.74, 6) is -2.21. The number of likely N-dealkylation sites (N-methyl/N-ethyl adjacent to an activating group) is 1. The molecule has 1 amide bonds. The van der Waals surface area contributed by atoms with Crippen LogP contribution in [0.1, 0.15) is 30.8 Å². The van der Waals surface area contributed by atoms with E-state index in [1.54, 1.807) is 28.8 Å². The van der Waals surface area contributed by atoms with E-state index in [1.807, 2.05) is 20.8 Å². The SMILES string of the molecule is Cc1ncsc1CN1C[C@@H](F)C[C@H]1CN(C)C(=O)[C@@H]1[C@H](C(=O)O)C1(C)C. The zero-order valence-corrected chi connectivity index (χ0v) is 16.4. The van der Waals surface area contributed by atoms with Crippen molar-refractivity contribution in [1.29, 1.82) is 0 Å². The van der Waals surface area contributed by atoms with Crippen molar-refractivity contribution in [2.45, 2.75) is 46.0 Å². The standard InChI is InChI=1S/C18H26FN3O3S/c1-10-13(26-9-20-10)8-22-6-11(19)5-12(22)7-21(4)16(23)14-15(17(24)25)18(14,2)3/h9,11-12,14-15H,5-8H2,1-4H3,(H,24,25)/t11-,12-,14-,15+/m0/s1. The Hall–Kier alpha value is -1.54. The van der Waals surface area contributed by atoms with E-state index >= 15 is 0 Å². The summed E-state index contributed by atoms with van der Waals surface area (Å²) in [5, 5.41) is 9.29. The Bertz CT molecular complexity index is 708. The van der Waals surface area contributed by atoms with E-state index in [0.29, 0.717) is 26.1 Å². The van der Waals surface area contributed by atoms with E-state index in [9.17, 15) is 19.1 Å². The Morgan fingerprint density at radius 3 is 2.69 bits per heavy atom. The molecule has 2 heterocycles. The molecule has 0 aromatic carbocycles. The maximum atomic E-state index is 14.0. The van der Waals surface area contributed by atoms with Crippen molar-refractivity contribution in [2.75, 3.05) is 20.1 Å². The van der Waals surface area contributed by atoms with Gasteiger partial charge in [0.1, 0.15) is 6.17 Å². The number of carboxylic acid groups (broad SMARTS) is 1. The number of carboxylic acids is 1. The molecule has 2 fully saturated rings. The number of alkyl halides is 1. The highest BCUT2D eigenvalue weighted by atomic mass is 32.1. The van der Waals surface area contributed by atoms with Gasteiger partial charge in [0.25, 0.3) is 0 Å². The highest BCUT2D eigenvalue weighted by Crippen LogP contribution is 2.59. The van der Waals surface area contributed by atoms with Crippen LogP contribution in [0.4, 0.5) is 4.39 Å². The monoisotopic (exact) mass is 383 g/mol. The number of halogens is 1. The summed E-state index contributed by atoms with van der Waals surface area (Å²) >= 11 is 1.56. The number of aromatic nitrogens is 1. The van der Waals surface area contributed by atoms with Crippen LogP contribution in [0.3, 0.4) is 0 Å². The van der Waals surface area contributed by atoms with Gasteiger partial charge in [0.15, 0.2) is 0 Å². The number of nitrogens with zero attached hydrogens (tertiary/aromatic N) is 3. The van der Waals surface area contributed by atoms with Gasteiger partial charge < -0.3 is 10.0 Å². The third-order valence-electron chi connectivity index (χ3n) is 5.89. The second kappa shape index (κ2) is 6.88. The molecule has 1 aromatic rings. The van der Waals surface area contributed by atoms with E-state index in [-0.39, 0.29) is 11.9 Å². The first kappa shape index (κ1) is 19.2. The largest absolute Gasteiger partial charge is 0.481 e. The van der Waals surface area contributed by atoms with Gasteiger partial charge in [-0.3, -0.25) is 14.5 Å². The summed E-state index contributed by atoms with van der Waals surface area (Å²) in [7, 11) is 1.69. The molecule has 1 saturated heterocycles. The molecule has 8 heteroatoms. The molecule has 0 unspecified atom stereocenters. The van der Waals surface area contributed by atoms with E-state index in [4.69, 9.17) is 0 Å². The van der Waals surface area contributed by atoms with E-state index < -0.39 is 29.4 Å². The van der Waals surface area contributed by atoms with Crippen molar-refractivity contribution >= 4 is 23.2 Å². The lowest BCUT2D eigenvalue weighted by atomic mass is 10.1. The highest BCUT2D eigenvalue weighted by Gasteiger charge is 2.66. The van der Waals surface area contributed by atoms with Gasteiger partial charge in [0.05, 0.1) is 23.0 Å². The number of aryl methyl sites for hydroxylation is 1. The summed E-state index contributed by atoms with van der Waals surface area (Å²) in [6, 6.07) is -0.0643. The van der Waals surface area contributed by atoms with Crippen LogP contribution in [0.2, 0.25) is 0 Å². The van der Waals surface area contributed by atoms with Crippen molar-refractivity contribution in [2.24, 2.45) is 17.3 Å². The summed E-state index contributed by atoms with van der Waals surface area (Å²) in [6.45, 7) is 6.98. The van der Waals surface area contributed by atoms with Crippen LogP contribution in [0, 0.1) is 24.2 Å². The van der Waals surface area contributed by atoms with Crippen LogP contribution >= 0.6 is 11.3 Å². The Morgan fingerprint density at radius 2 is 2.15 bits per heavy atom. The predicted octanol–water partition coefficient (Wildman–Crippen LogP) is 2.18. The van der Waals surface area contributed by atoms with Crippen LogP contribution in [0.5, 0.6) is 0 Å². The summed E-state index contributed by atoms with van der Waals surface area (Å²) in [4.78, 5) is 33.1. The van der Waals surface area contributed by atoms with Gasteiger partial charge in [-0.1, -0.05) is 13.8 Å². The smallest absolute Gasteiger partial charge is 0.307 e. The fourth-order valence-electron chi connectivity index (χ4n) is 4.17. The number of thiazole rings is 1. The van der Waals surface area contributed by atoms with Crippen molar-refractivity contribution < 1.29 is 19.1 Å². The second-order valence-corrected chi connectivity index (χ2v) is 9.05. The fraction of sp³-hybridized carbons (Fsp3) is 0.722. The topological polar surface area (TPSA) is 73.7 Å². The third kappa shape index (κ3) is 3.49. The Labute approximate surface area is 157 Å². The van der Waals surface area contributed by atoms with E-state index in [2.05, 4.69) is 9.88 Å². The maximum Gasteiger partial charge on any atom is 0.307 e. The zero-order valence-electron chi connectivity index (χ0n) is 15.6. The Morgan fingerprint density at radius 1 is 1.46 bits per heavy atom. The lowest BCUT2D eigenvalue weighted by molar-refractivity contribution is -0.141. The normalized spacial score (nSPS) is 30.3. The quantitative estimate of drug-likeness (QED) is 0.815. The average Bonchev–Trinajstić information content (AvgIpc) is 2.80. The van der Waals surface area contributed by atoms with Gasteiger partial charge in [0.2, 0.25) is 5.91 Å². The molecular weight excluding hydrogens is 357 g/mol. The van der Waals surface area contributed by atoms with E-state index in [1.165, 1.54) is 0 Å². The van der Waals surface area contributed by atoms with Crippen molar-refractivity contribution in [3.63, 3.8) is 0 Å². The minimum absolute atomic E-state index is 0.0643. The fourth-order valence-corrected chi connectivity index (χ4v) is 4.97. The Kier molecular flexibility index (Phi) is 5.09. The van der Waals surface area contributed by atoms with Gasteiger partial charge in [-0.15, -0.1) is 11.3 Å². The maximum absolute atomic E-state index is 14.0. The van der Waals surface area contributed by atoms with Gasteiger partial charge in [-0.25, -0.2) is 9.37 Å². The first-order valence-corrected chi connectivity index (χ1v) is 9.75. The number of amides is 1. The molecule has 0 radical (unpaired) electrons. The molecule has 6 nitrogen and oxygen atoms in total. The molecule has 4 atom stereocenters. The van der Waals surface area contributed by atoms with Crippen LogP contribution in [-0.2, 0) is 16.1 Å². The molecule has 0 bridgehead atoms. The summed E-state index contributed by atoms with van der Waals surface area (Å²) in [6.07, 6.45) is -0.507. The number of hydrogen-bond donors (Lipinski definition) is 1. The van der Waals surface area contributed by atoms with Crippen molar-refractivity contribution in [1.82, 2.24) is 14.8 Å². The van der Waals surface area contributed by atoms with Crippen LogP contribution in [0.25, 0.3) is 0 Å². The molecule has 1 aromatic heterocycles. The molecule has 1 aliphatic heterocycles. The van der Waals surface area contributed by atoms with Crippen LogP contribution in [0.15, 0.2) is 5.51 Å². The number of carbonyl (C=O) groups excluding carboxylic acids is 1. The predicted molar refractivity (Wildman–Crippen MR) is 96.6 cm³/mol. The number of rotatable bonds is 6. The number of aliphatic carboxylic acids is 1. The molecule has 26 heavy (non-hydrogen) atoms. The van der Waals surface area contributed by atoms with Gasteiger partial charge >= 0.3 is 5.97 Å². The molecule has 1 aliphatic carbocycles. The number of carbonyl (C=O) groups is 2. The molecule has 3 rings (SSSR count). The highest BCUT2D eigenvalue weighted by molar-refractivity contribution is 7.09. The van der Waals surface area contributed by atoms with Gasteiger partial charge in [-0.2, -0.15) is 0 Å². The molecule has 1 N–H and O–H groups in total. The second-order valence-electron chi connectivity index (χ2n) is 8.11.